The summed E-state index contributed by atoms with van der Waals surface area (Å²) in [5, 5.41) is 19.7. The molecule has 3 rings (SSSR count). The lowest BCUT2D eigenvalue weighted by Crippen LogP contribution is -2.64. The van der Waals surface area contributed by atoms with Gasteiger partial charge in [0, 0.05) is 17.3 Å². The Labute approximate surface area is 121 Å². The number of nitrogens with zero attached hydrogens (tertiary/aromatic N) is 2. The van der Waals surface area contributed by atoms with Crippen LogP contribution in [0.25, 0.3) is 10.9 Å². The monoisotopic (exact) mass is 288 g/mol. The van der Waals surface area contributed by atoms with Crippen LogP contribution in [0.5, 0.6) is 0 Å². The van der Waals surface area contributed by atoms with Crippen molar-refractivity contribution in [2.75, 3.05) is 31.7 Å². The Morgan fingerprint density at radius 2 is 2.19 bits per heavy atom. The third kappa shape index (κ3) is 2.32. The molecule has 0 amide bonds. The minimum Gasteiger partial charge on any atom is -0.465 e. The number of β-amino-alcohol motifs (C(OH)–C–C–N with tert-alkyl or cyclic N) is 1. The third-order valence-corrected chi connectivity index (χ3v) is 3.76. The van der Waals surface area contributed by atoms with E-state index in [9.17, 15) is 9.90 Å². The fraction of sp³-hybridized carbons (Fsp3) is 0.333. The second-order valence-corrected chi connectivity index (χ2v) is 5.29. The second-order valence-electron chi connectivity index (χ2n) is 5.29. The van der Waals surface area contributed by atoms with Gasteiger partial charge in [-0.1, -0.05) is 0 Å². The van der Waals surface area contributed by atoms with Crippen LogP contribution in [-0.2, 0) is 4.74 Å². The van der Waals surface area contributed by atoms with Crippen LogP contribution in [0, 0.1) is 0 Å². The number of benzene rings is 1. The number of pyridine rings is 1. The van der Waals surface area contributed by atoms with E-state index in [1.54, 1.807) is 12.3 Å². The topological polar surface area (TPSA) is 82.9 Å². The number of anilines is 1. The van der Waals surface area contributed by atoms with Gasteiger partial charge in [-0.25, -0.2) is 4.79 Å². The molecule has 0 atom stereocenters. The summed E-state index contributed by atoms with van der Waals surface area (Å²) in [6.45, 7) is 0.470. The van der Waals surface area contributed by atoms with E-state index in [1.165, 1.54) is 7.11 Å². The molecule has 2 aromatic rings. The lowest BCUT2D eigenvalue weighted by Gasteiger charge is -2.46. The fourth-order valence-electron chi connectivity index (χ4n) is 2.57. The largest absolute Gasteiger partial charge is 0.465 e. The summed E-state index contributed by atoms with van der Waals surface area (Å²) in [6, 6.07) is 7.18. The van der Waals surface area contributed by atoms with Crippen LogP contribution in [0.2, 0.25) is 0 Å². The molecule has 1 aromatic heterocycles. The Kier molecular flexibility index (Phi) is 3.27. The van der Waals surface area contributed by atoms with Crippen LogP contribution in [0.4, 0.5) is 5.69 Å². The first-order valence-corrected chi connectivity index (χ1v) is 6.61. The summed E-state index contributed by atoms with van der Waals surface area (Å²) in [7, 11) is 1.34. The van der Waals surface area contributed by atoms with Crippen molar-refractivity contribution in [2.45, 2.75) is 5.60 Å². The van der Waals surface area contributed by atoms with Gasteiger partial charge in [0.05, 0.1) is 37.9 Å². The molecular weight excluding hydrogens is 272 g/mol. The molecule has 1 saturated heterocycles. The Balaban J connectivity index is 1.98. The maximum absolute atomic E-state index is 11.8. The molecule has 0 bridgehead atoms. The normalized spacial score (nSPS) is 16.6. The molecule has 2 N–H and O–H groups in total. The lowest BCUT2D eigenvalue weighted by molar-refractivity contribution is -0.0359. The molecule has 0 aliphatic carbocycles. The number of fused-ring (bicyclic) bond motifs is 1. The molecule has 21 heavy (non-hydrogen) atoms. The number of aliphatic hydroxyl groups excluding tert-OH is 1. The van der Waals surface area contributed by atoms with Crippen LogP contribution in [0.15, 0.2) is 30.5 Å². The van der Waals surface area contributed by atoms with Crippen molar-refractivity contribution in [1.29, 1.82) is 0 Å². The van der Waals surface area contributed by atoms with Gasteiger partial charge in [0.25, 0.3) is 0 Å². The van der Waals surface area contributed by atoms with Gasteiger partial charge in [-0.15, -0.1) is 0 Å². The zero-order chi connectivity index (χ0) is 15.0. The van der Waals surface area contributed by atoms with Crippen LogP contribution in [0.1, 0.15) is 10.4 Å². The van der Waals surface area contributed by atoms with Gasteiger partial charge >= 0.3 is 5.97 Å². The average molecular weight is 288 g/mol. The second kappa shape index (κ2) is 4.98. The van der Waals surface area contributed by atoms with Gasteiger partial charge in [-0.2, -0.15) is 0 Å². The predicted octanol–water partition coefficient (Wildman–Crippen LogP) is 0.565. The van der Waals surface area contributed by atoms with Gasteiger partial charge in [0.1, 0.15) is 5.60 Å². The maximum atomic E-state index is 11.8. The summed E-state index contributed by atoms with van der Waals surface area (Å²) in [5.74, 6) is -0.407. The van der Waals surface area contributed by atoms with Gasteiger partial charge in [-0.05, 0) is 24.3 Å². The average Bonchev–Trinajstić information content (AvgIpc) is 2.50. The summed E-state index contributed by atoms with van der Waals surface area (Å²) < 4.78 is 4.78. The van der Waals surface area contributed by atoms with Crippen molar-refractivity contribution in [3.8, 4) is 0 Å². The molecule has 0 spiro atoms. The highest BCUT2D eigenvalue weighted by Crippen LogP contribution is 2.30. The quantitative estimate of drug-likeness (QED) is 0.803. The fourth-order valence-corrected chi connectivity index (χ4v) is 2.57. The Bertz CT molecular complexity index is 695. The van der Waals surface area contributed by atoms with Gasteiger partial charge in [-0.3, -0.25) is 4.98 Å². The minimum atomic E-state index is -1.03. The van der Waals surface area contributed by atoms with E-state index in [-0.39, 0.29) is 6.61 Å². The highest BCUT2D eigenvalue weighted by Gasteiger charge is 2.40. The van der Waals surface area contributed by atoms with Crippen molar-refractivity contribution in [3.05, 3.63) is 36.0 Å². The van der Waals surface area contributed by atoms with Crippen molar-refractivity contribution >= 4 is 22.6 Å². The number of rotatable bonds is 3. The van der Waals surface area contributed by atoms with E-state index in [4.69, 9.17) is 9.84 Å². The first-order valence-electron chi connectivity index (χ1n) is 6.61. The highest BCUT2D eigenvalue weighted by atomic mass is 16.5. The van der Waals surface area contributed by atoms with Crippen LogP contribution < -0.4 is 4.90 Å². The standard InChI is InChI=1S/C15H16N2O4/c1-21-14(19)11-4-5-16-13-3-2-10(6-12(11)13)17-7-15(20,8-17)9-18/h2-6,18,20H,7-9H2,1H3. The minimum absolute atomic E-state index is 0.258. The van der Waals surface area contributed by atoms with E-state index in [1.807, 2.05) is 23.1 Å². The first-order chi connectivity index (χ1) is 10.1. The number of methoxy groups -OCH3 is 1. The van der Waals surface area contributed by atoms with Crippen LogP contribution in [-0.4, -0.2) is 53.6 Å². The molecular formula is C15H16N2O4. The summed E-state index contributed by atoms with van der Waals surface area (Å²) in [5.41, 5.74) is 1.01. The molecule has 0 saturated carbocycles. The lowest BCUT2D eigenvalue weighted by atomic mass is 9.94. The van der Waals surface area contributed by atoms with Crippen molar-refractivity contribution in [2.24, 2.45) is 0 Å². The summed E-state index contributed by atoms with van der Waals surface area (Å²) >= 11 is 0. The van der Waals surface area contributed by atoms with E-state index in [2.05, 4.69) is 4.98 Å². The molecule has 1 aromatic carbocycles. The molecule has 2 heterocycles. The molecule has 6 heteroatoms. The number of carbonyl (C=O) groups is 1. The van der Waals surface area contributed by atoms with E-state index in [0.29, 0.717) is 29.6 Å². The maximum Gasteiger partial charge on any atom is 0.338 e. The van der Waals surface area contributed by atoms with E-state index < -0.39 is 11.6 Å². The predicted molar refractivity (Wildman–Crippen MR) is 77.3 cm³/mol. The number of carbonyl (C=O) groups excluding carboxylic acids is 1. The van der Waals surface area contributed by atoms with E-state index in [0.717, 1.165) is 5.69 Å². The summed E-state index contributed by atoms with van der Waals surface area (Å²) in [6.07, 6.45) is 1.57. The molecule has 6 nitrogen and oxygen atoms in total. The number of esters is 1. The Morgan fingerprint density at radius 1 is 1.43 bits per heavy atom. The van der Waals surface area contributed by atoms with Crippen molar-refractivity contribution in [1.82, 2.24) is 4.98 Å². The number of hydrogen-bond donors (Lipinski definition) is 2. The highest BCUT2D eigenvalue weighted by molar-refractivity contribution is 6.04. The van der Waals surface area contributed by atoms with E-state index >= 15 is 0 Å². The number of ether oxygens (including phenoxy) is 1. The zero-order valence-corrected chi connectivity index (χ0v) is 11.6. The third-order valence-electron chi connectivity index (χ3n) is 3.76. The zero-order valence-electron chi connectivity index (χ0n) is 11.6. The molecule has 110 valence electrons. The number of hydrogen-bond acceptors (Lipinski definition) is 6. The van der Waals surface area contributed by atoms with Gasteiger partial charge < -0.3 is 19.8 Å². The summed E-state index contributed by atoms with van der Waals surface area (Å²) in [4.78, 5) is 18.0. The Morgan fingerprint density at radius 3 is 2.86 bits per heavy atom. The molecule has 0 unspecified atom stereocenters. The Hall–Kier alpha value is -2.18. The molecule has 1 fully saturated rings. The number of aliphatic hydroxyl groups is 2. The molecule has 1 aliphatic rings. The smallest absolute Gasteiger partial charge is 0.338 e. The molecule has 0 radical (unpaired) electrons. The van der Waals surface area contributed by atoms with Gasteiger partial charge in [0.15, 0.2) is 0 Å². The first kappa shape index (κ1) is 13.8. The van der Waals surface area contributed by atoms with Crippen molar-refractivity contribution in [3.63, 3.8) is 0 Å². The molecule has 1 aliphatic heterocycles. The van der Waals surface area contributed by atoms with Gasteiger partial charge in [0.2, 0.25) is 0 Å². The SMILES string of the molecule is COC(=O)c1ccnc2ccc(N3CC(O)(CO)C3)cc12. The van der Waals surface area contributed by atoms with Crippen LogP contribution in [0.3, 0.4) is 0 Å². The van der Waals surface area contributed by atoms with Crippen LogP contribution >= 0.6 is 0 Å². The van der Waals surface area contributed by atoms with Crippen molar-refractivity contribution < 1.29 is 19.7 Å². The number of aromatic nitrogens is 1.